The Bertz CT molecular complexity index is 476. The maximum atomic E-state index is 8.99. The summed E-state index contributed by atoms with van der Waals surface area (Å²) in [5, 5.41) is 8.99. The molecular weight excluding hydrogens is 268 g/mol. The quantitative estimate of drug-likeness (QED) is 0.657. The summed E-state index contributed by atoms with van der Waals surface area (Å²) in [6.45, 7) is 2.13. The van der Waals surface area contributed by atoms with Gasteiger partial charge in [-0.05, 0) is 36.9 Å². The molecule has 1 N–H and O–H groups in total. The molecule has 2 aromatic rings. The molecule has 0 radical (unpaired) electrons. The number of para-hydroxylation sites is 2. The molecule has 0 spiro atoms. The third-order valence-corrected chi connectivity index (χ3v) is 3.30. The number of thioether (sulfide) groups is 1. The van der Waals surface area contributed by atoms with E-state index in [4.69, 9.17) is 9.84 Å². The minimum Gasteiger partial charge on any atom is -0.504 e. The number of ether oxygens (including phenoxy) is 1. The van der Waals surface area contributed by atoms with Gasteiger partial charge in [-0.25, -0.2) is 0 Å². The number of hydrogen-bond acceptors (Lipinski definition) is 3. The first kappa shape index (κ1) is 17.9. The fraction of sp³-hybridized carbons (Fsp3) is 0.176. The van der Waals surface area contributed by atoms with Crippen LogP contribution in [0, 0.1) is 19.8 Å². The highest BCUT2D eigenvalue weighted by Crippen LogP contribution is 2.23. The van der Waals surface area contributed by atoms with Crippen molar-refractivity contribution in [3.8, 4) is 24.3 Å². The first-order chi connectivity index (χ1) is 9.69. The summed E-state index contributed by atoms with van der Waals surface area (Å²) in [6, 6.07) is 15.2. The van der Waals surface area contributed by atoms with E-state index in [0.29, 0.717) is 5.75 Å². The van der Waals surface area contributed by atoms with Crippen LogP contribution in [0.3, 0.4) is 0 Å². The second kappa shape index (κ2) is 10.8. The Morgan fingerprint density at radius 3 is 1.95 bits per heavy atom. The molecule has 2 nitrogen and oxygen atoms in total. The number of methoxy groups -OCH3 is 1. The van der Waals surface area contributed by atoms with Gasteiger partial charge >= 0.3 is 0 Å². The van der Waals surface area contributed by atoms with E-state index in [1.54, 1.807) is 36.0 Å². The van der Waals surface area contributed by atoms with Gasteiger partial charge in [-0.1, -0.05) is 30.3 Å². The summed E-state index contributed by atoms with van der Waals surface area (Å²) < 4.78 is 4.79. The topological polar surface area (TPSA) is 29.5 Å². The van der Waals surface area contributed by atoms with Gasteiger partial charge in [0.1, 0.15) is 0 Å². The number of rotatable bonds is 2. The van der Waals surface area contributed by atoms with Crippen molar-refractivity contribution in [1.29, 1.82) is 0 Å². The molecule has 2 rings (SSSR count). The zero-order valence-corrected chi connectivity index (χ0v) is 12.9. The van der Waals surface area contributed by atoms with E-state index in [0.717, 1.165) is 0 Å². The van der Waals surface area contributed by atoms with Crippen molar-refractivity contribution in [3.63, 3.8) is 0 Å². The Labute approximate surface area is 125 Å². The third kappa shape index (κ3) is 6.21. The van der Waals surface area contributed by atoms with Crippen LogP contribution in [0.4, 0.5) is 0 Å². The van der Waals surface area contributed by atoms with Crippen molar-refractivity contribution < 1.29 is 9.84 Å². The normalized spacial score (nSPS) is 8.45. The SMILES string of the molecule is C#C.COc1ccccc1O.CSc1ccccc1C. The summed E-state index contributed by atoms with van der Waals surface area (Å²) in [4.78, 5) is 1.37. The fourth-order valence-corrected chi connectivity index (χ4v) is 2.02. The second-order valence-corrected chi connectivity index (χ2v) is 4.49. The summed E-state index contributed by atoms with van der Waals surface area (Å²) >= 11 is 1.80. The van der Waals surface area contributed by atoms with E-state index in [9.17, 15) is 0 Å². The fourth-order valence-electron chi connectivity index (χ4n) is 1.42. The van der Waals surface area contributed by atoms with Crippen molar-refractivity contribution in [1.82, 2.24) is 0 Å². The van der Waals surface area contributed by atoms with Crippen LogP contribution in [0.2, 0.25) is 0 Å². The highest BCUT2D eigenvalue weighted by molar-refractivity contribution is 7.98. The average molecular weight is 288 g/mol. The second-order valence-electron chi connectivity index (χ2n) is 3.64. The van der Waals surface area contributed by atoms with Crippen LogP contribution in [0.1, 0.15) is 5.56 Å². The van der Waals surface area contributed by atoms with E-state index in [1.165, 1.54) is 17.6 Å². The maximum Gasteiger partial charge on any atom is 0.160 e. The van der Waals surface area contributed by atoms with Crippen molar-refractivity contribution in [2.75, 3.05) is 13.4 Å². The molecule has 0 aromatic heterocycles. The smallest absolute Gasteiger partial charge is 0.160 e. The Hall–Kier alpha value is -2.05. The molecule has 0 heterocycles. The zero-order chi connectivity index (χ0) is 15.4. The predicted octanol–water partition coefficient (Wildman–Crippen LogP) is 4.37. The minimum atomic E-state index is 0.181. The summed E-state index contributed by atoms with van der Waals surface area (Å²) in [5.74, 6) is 0.692. The molecule has 106 valence electrons. The van der Waals surface area contributed by atoms with E-state index in [2.05, 4.69) is 50.3 Å². The van der Waals surface area contributed by atoms with Crippen molar-refractivity contribution in [3.05, 3.63) is 54.1 Å². The van der Waals surface area contributed by atoms with Crippen molar-refractivity contribution in [2.24, 2.45) is 0 Å². The first-order valence-electron chi connectivity index (χ1n) is 5.94. The molecule has 3 heteroatoms. The van der Waals surface area contributed by atoms with Crippen LogP contribution < -0.4 is 4.74 Å². The number of benzene rings is 2. The van der Waals surface area contributed by atoms with Gasteiger partial charge in [-0.15, -0.1) is 24.6 Å². The molecular formula is C17H20O2S. The number of aryl methyl sites for hydroxylation is 1. The van der Waals surface area contributed by atoms with E-state index in [1.807, 2.05) is 0 Å². The average Bonchev–Trinajstić information content (AvgIpc) is 2.51. The Morgan fingerprint density at radius 2 is 1.55 bits per heavy atom. The molecule has 0 aliphatic carbocycles. The molecule has 0 aliphatic heterocycles. The minimum absolute atomic E-state index is 0.181. The van der Waals surface area contributed by atoms with Gasteiger partial charge in [0.05, 0.1) is 7.11 Å². The number of phenolic OH excluding ortho intramolecular Hbond substituents is 1. The number of terminal acetylenes is 1. The molecule has 0 fully saturated rings. The Morgan fingerprint density at radius 1 is 1.00 bits per heavy atom. The van der Waals surface area contributed by atoms with Gasteiger partial charge in [0.15, 0.2) is 11.5 Å². The van der Waals surface area contributed by atoms with Crippen LogP contribution in [-0.2, 0) is 0 Å². The highest BCUT2D eigenvalue weighted by atomic mass is 32.2. The van der Waals surface area contributed by atoms with Crippen LogP contribution >= 0.6 is 11.8 Å². The van der Waals surface area contributed by atoms with Crippen molar-refractivity contribution in [2.45, 2.75) is 11.8 Å². The molecule has 0 amide bonds. The van der Waals surface area contributed by atoms with E-state index >= 15 is 0 Å². The van der Waals surface area contributed by atoms with Gasteiger partial charge in [-0.3, -0.25) is 0 Å². The van der Waals surface area contributed by atoms with Crippen LogP contribution in [0.25, 0.3) is 0 Å². The highest BCUT2D eigenvalue weighted by Gasteiger charge is 1.94. The molecule has 0 bridgehead atoms. The summed E-state index contributed by atoms with van der Waals surface area (Å²) in [7, 11) is 1.52. The van der Waals surface area contributed by atoms with Crippen LogP contribution in [-0.4, -0.2) is 18.5 Å². The molecule has 0 saturated carbocycles. The van der Waals surface area contributed by atoms with Gasteiger partial charge in [-0.2, -0.15) is 0 Å². The lowest BCUT2D eigenvalue weighted by Gasteiger charge is -1.99. The number of hydrogen-bond donors (Lipinski definition) is 1. The molecule has 0 saturated heterocycles. The largest absolute Gasteiger partial charge is 0.504 e. The van der Waals surface area contributed by atoms with E-state index < -0.39 is 0 Å². The number of phenols is 1. The Kier molecular flexibility index (Phi) is 9.72. The standard InChI is InChI=1S/C8H10S.C7H8O2.C2H2/c1-7-5-3-4-6-8(7)9-2;1-9-7-5-3-2-4-6(7)8;1-2/h3-6H,1-2H3;2-5,8H,1H3;1-2H. The molecule has 0 unspecified atom stereocenters. The predicted molar refractivity (Wildman–Crippen MR) is 87.5 cm³/mol. The van der Waals surface area contributed by atoms with Crippen LogP contribution in [0.15, 0.2) is 53.4 Å². The van der Waals surface area contributed by atoms with E-state index in [-0.39, 0.29) is 5.75 Å². The lowest BCUT2D eigenvalue weighted by Crippen LogP contribution is -1.80. The summed E-state index contributed by atoms with van der Waals surface area (Å²) in [6.07, 6.45) is 10.1. The van der Waals surface area contributed by atoms with Gasteiger partial charge in [0.2, 0.25) is 0 Å². The van der Waals surface area contributed by atoms with Gasteiger partial charge < -0.3 is 9.84 Å². The van der Waals surface area contributed by atoms with Crippen molar-refractivity contribution >= 4 is 11.8 Å². The van der Waals surface area contributed by atoms with Gasteiger partial charge in [0.25, 0.3) is 0 Å². The maximum absolute atomic E-state index is 8.99. The lowest BCUT2D eigenvalue weighted by atomic mass is 10.2. The zero-order valence-electron chi connectivity index (χ0n) is 12.0. The molecule has 2 aromatic carbocycles. The third-order valence-electron chi connectivity index (χ3n) is 2.40. The number of aromatic hydroxyl groups is 1. The first-order valence-corrected chi connectivity index (χ1v) is 7.16. The molecule has 20 heavy (non-hydrogen) atoms. The van der Waals surface area contributed by atoms with Gasteiger partial charge in [0, 0.05) is 4.90 Å². The Balaban J connectivity index is 0.000000321. The molecule has 0 aliphatic rings. The monoisotopic (exact) mass is 288 g/mol. The molecule has 0 atom stereocenters. The summed E-state index contributed by atoms with van der Waals surface area (Å²) in [5.41, 5.74) is 1.37. The van der Waals surface area contributed by atoms with Crippen LogP contribution in [0.5, 0.6) is 11.5 Å². The lowest BCUT2D eigenvalue weighted by molar-refractivity contribution is 0.373.